The van der Waals surface area contributed by atoms with Crippen molar-refractivity contribution in [2.75, 3.05) is 18.4 Å². The lowest BCUT2D eigenvalue weighted by molar-refractivity contribution is 0.0979. The van der Waals surface area contributed by atoms with Crippen molar-refractivity contribution in [2.45, 2.75) is 12.8 Å². The van der Waals surface area contributed by atoms with Crippen molar-refractivity contribution in [1.29, 1.82) is 0 Å². The summed E-state index contributed by atoms with van der Waals surface area (Å²) in [4.78, 5) is 25.1. The number of fused-ring (bicyclic) bond motifs is 2. The van der Waals surface area contributed by atoms with Crippen molar-refractivity contribution in [3.8, 4) is 0 Å². The number of nitrogens with one attached hydrogen (secondary N) is 1. The molecule has 2 aromatic rings. The standard InChI is InChI=1S/C18H18N2O2/c19-9-3-4-10-20-12-7-8-15-16(11-12)18(22)14-6-2-1-5-13(14)17(15)21/h1-2,5-8,11,20H,3-4,9-10,19H2. The third-order valence-electron chi connectivity index (χ3n) is 3.89. The molecular formula is C18H18N2O2. The van der Waals surface area contributed by atoms with Crippen LogP contribution in [-0.2, 0) is 0 Å². The molecule has 4 nitrogen and oxygen atoms in total. The van der Waals surface area contributed by atoms with Gasteiger partial charge in [-0.2, -0.15) is 0 Å². The minimum absolute atomic E-state index is 0.0834. The van der Waals surface area contributed by atoms with E-state index in [1.807, 2.05) is 6.07 Å². The van der Waals surface area contributed by atoms with E-state index in [9.17, 15) is 9.59 Å². The first kappa shape index (κ1) is 14.5. The van der Waals surface area contributed by atoms with Crippen LogP contribution in [0.1, 0.15) is 44.7 Å². The Morgan fingerprint density at radius 1 is 0.818 bits per heavy atom. The SMILES string of the molecule is NCCCCNc1ccc2c(c1)C(=O)c1ccccc1C2=O. The van der Waals surface area contributed by atoms with Crippen molar-refractivity contribution in [3.05, 3.63) is 64.7 Å². The fourth-order valence-electron chi connectivity index (χ4n) is 2.71. The van der Waals surface area contributed by atoms with Gasteiger partial charge in [-0.1, -0.05) is 24.3 Å². The number of unbranched alkanes of at least 4 members (excludes halogenated alkanes) is 1. The number of hydrogen-bond acceptors (Lipinski definition) is 4. The fourth-order valence-corrected chi connectivity index (χ4v) is 2.71. The van der Waals surface area contributed by atoms with E-state index in [2.05, 4.69) is 5.32 Å². The van der Waals surface area contributed by atoms with E-state index in [-0.39, 0.29) is 11.6 Å². The van der Waals surface area contributed by atoms with Gasteiger partial charge in [0.2, 0.25) is 0 Å². The molecule has 0 heterocycles. The van der Waals surface area contributed by atoms with Gasteiger partial charge in [0.25, 0.3) is 0 Å². The van der Waals surface area contributed by atoms with Crippen molar-refractivity contribution < 1.29 is 9.59 Å². The number of hydrogen-bond donors (Lipinski definition) is 2. The molecule has 1 aliphatic rings. The molecule has 3 rings (SSSR count). The fraction of sp³-hybridized carbons (Fsp3) is 0.222. The Hall–Kier alpha value is -2.46. The largest absolute Gasteiger partial charge is 0.385 e. The van der Waals surface area contributed by atoms with Gasteiger partial charge in [0.15, 0.2) is 11.6 Å². The zero-order valence-corrected chi connectivity index (χ0v) is 12.3. The summed E-state index contributed by atoms with van der Waals surface area (Å²) >= 11 is 0. The van der Waals surface area contributed by atoms with Gasteiger partial charge in [-0.15, -0.1) is 0 Å². The quantitative estimate of drug-likeness (QED) is 0.710. The molecule has 112 valence electrons. The van der Waals surface area contributed by atoms with Crippen LogP contribution in [0.2, 0.25) is 0 Å². The van der Waals surface area contributed by atoms with Crippen LogP contribution in [0.4, 0.5) is 5.69 Å². The average molecular weight is 294 g/mol. The van der Waals surface area contributed by atoms with Crippen LogP contribution in [0.5, 0.6) is 0 Å². The summed E-state index contributed by atoms with van der Waals surface area (Å²) in [7, 11) is 0. The molecule has 0 bridgehead atoms. The Balaban J connectivity index is 1.89. The summed E-state index contributed by atoms with van der Waals surface area (Å²) in [5, 5.41) is 3.27. The minimum atomic E-state index is -0.0872. The van der Waals surface area contributed by atoms with Gasteiger partial charge in [-0.25, -0.2) is 0 Å². The summed E-state index contributed by atoms with van der Waals surface area (Å²) < 4.78 is 0. The monoisotopic (exact) mass is 294 g/mol. The zero-order chi connectivity index (χ0) is 15.5. The van der Waals surface area contributed by atoms with E-state index < -0.39 is 0 Å². The maximum Gasteiger partial charge on any atom is 0.194 e. The Labute approximate surface area is 129 Å². The Morgan fingerprint density at radius 3 is 2.14 bits per heavy atom. The first-order chi connectivity index (χ1) is 10.7. The van der Waals surface area contributed by atoms with Crippen LogP contribution < -0.4 is 11.1 Å². The maximum absolute atomic E-state index is 12.6. The van der Waals surface area contributed by atoms with E-state index in [1.165, 1.54) is 0 Å². The smallest absolute Gasteiger partial charge is 0.194 e. The summed E-state index contributed by atoms with van der Waals surface area (Å²) in [5.41, 5.74) is 8.26. The van der Waals surface area contributed by atoms with Crippen LogP contribution in [0.3, 0.4) is 0 Å². The second kappa shape index (κ2) is 6.12. The van der Waals surface area contributed by atoms with Crippen LogP contribution in [-0.4, -0.2) is 24.7 Å². The highest BCUT2D eigenvalue weighted by atomic mass is 16.1. The Kier molecular flexibility index (Phi) is 4.02. The number of rotatable bonds is 5. The predicted octanol–water partition coefficient (Wildman–Crippen LogP) is 2.61. The molecule has 1 aliphatic carbocycles. The highest BCUT2D eigenvalue weighted by molar-refractivity contribution is 6.28. The molecule has 4 heteroatoms. The lowest BCUT2D eigenvalue weighted by Gasteiger charge is -2.18. The third-order valence-corrected chi connectivity index (χ3v) is 3.89. The van der Waals surface area contributed by atoms with E-state index in [4.69, 9.17) is 5.73 Å². The summed E-state index contributed by atoms with van der Waals surface area (Å²) in [5.74, 6) is -0.171. The molecule has 2 aromatic carbocycles. The molecule has 0 fully saturated rings. The summed E-state index contributed by atoms with van der Waals surface area (Å²) in [6.45, 7) is 1.48. The van der Waals surface area contributed by atoms with E-state index >= 15 is 0 Å². The predicted molar refractivity (Wildman–Crippen MR) is 86.5 cm³/mol. The summed E-state index contributed by atoms with van der Waals surface area (Å²) in [6, 6.07) is 12.3. The first-order valence-corrected chi connectivity index (χ1v) is 7.49. The van der Waals surface area contributed by atoms with Gasteiger partial charge in [0.1, 0.15) is 0 Å². The van der Waals surface area contributed by atoms with Crippen LogP contribution in [0.25, 0.3) is 0 Å². The molecule has 22 heavy (non-hydrogen) atoms. The van der Waals surface area contributed by atoms with Crippen LogP contribution >= 0.6 is 0 Å². The number of benzene rings is 2. The van der Waals surface area contributed by atoms with Crippen LogP contribution in [0, 0.1) is 0 Å². The summed E-state index contributed by atoms with van der Waals surface area (Å²) in [6.07, 6.45) is 1.94. The van der Waals surface area contributed by atoms with E-state index in [1.54, 1.807) is 36.4 Å². The highest BCUT2D eigenvalue weighted by Crippen LogP contribution is 2.29. The molecule has 0 aromatic heterocycles. The number of nitrogens with two attached hydrogens (primary N) is 1. The maximum atomic E-state index is 12.6. The molecule has 0 saturated carbocycles. The van der Waals surface area contributed by atoms with Gasteiger partial charge >= 0.3 is 0 Å². The second-order valence-corrected chi connectivity index (χ2v) is 5.39. The lowest BCUT2D eigenvalue weighted by atomic mass is 9.84. The Bertz CT molecular complexity index is 738. The molecule has 0 aliphatic heterocycles. The van der Waals surface area contributed by atoms with E-state index in [0.717, 1.165) is 25.1 Å². The van der Waals surface area contributed by atoms with E-state index in [0.29, 0.717) is 28.8 Å². The molecule has 0 atom stereocenters. The Morgan fingerprint density at radius 2 is 1.45 bits per heavy atom. The normalized spacial score (nSPS) is 12.8. The molecular weight excluding hydrogens is 276 g/mol. The van der Waals surface area contributed by atoms with Gasteiger partial charge in [-0.3, -0.25) is 9.59 Å². The van der Waals surface area contributed by atoms with Gasteiger partial charge in [0.05, 0.1) is 0 Å². The molecule has 0 radical (unpaired) electrons. The topological polar surface area (TPSA) is 72.2 Å². The van der Waals surface area contributed by atoms with Gasteiger partial charge in [0, 0.05) is 34.5 Å². The lowest BCUT2D eigenvalue weighted by Crippen LogP contribution is -2.21. The third kappa shape index (κ3) is 2.53. The zero-order valence-electron chi connectivity index (χ0n) is 12.3. The molecule has 0 unspecified atom stereocenters. The van der Waals surface area contributed by atoms with Gasteiger partial charge < -0.3 is 11.1 Å². The first-order valence-electron chi connectivity index (χ1n) is 7.49. The number of carbonyl (C=O) groups is 2. The van der Waals surface area contributed by atoms with Gasteiger partial charge in [-0.05, 0) is 37.6 Å². The average Bonchev–Trinajstić information content (AvgIpc) is 2.56. The molecule has 3 N–H and O–H groups in total. The number of carbonyl (C=O) groups excluding carboxylic acids is 2. The molecule has 0 saturated heterocycles. The van der Waals surface area contributed by atoms with Crippen molar-refractivity contribution in [3.63, 3.8) is 0 Å². The number of anilines is 1. The molecule has 0 amide bonds. The van der Waals surface area contributed by atoms with Crippen molar-refractivity contribution in [1.82, 2.24) is 0 Å². The number of ketones is 2. The minimum Gasteiger partial charge on any atom is -0.385 e. The van der Waals surface area contributed by atoms with Crippen molar-refractivity contribution >= 4 is 17.3 Å². The van der Waals surface area contributed by atoms with Crippen molar-refractivity contribution in [2.24, 2.45) is 5.73 Å². The highest BCUT2D eigenvalue weighted by Gasteiger charge is 2.29. The molecule has 0 spiro atoms. The van der Waals surface area contributed by atoms with Crippen LogP contribution in [0.15, 0.2) is 42.5 Å². The second-order valence-electron chi connectivity index (χ2n) is 5.39.